The van der Waals surface area contributed by atoms with E-state index in [9.17, 15) is 8.94 Å². The highest BCUT2D eigenvalue weighted by Crippen LogP contribution is 2.27. The molecule has 3 aromatic carbocycles. The molecule has 0 spiro atoms. The van der Waals surface area contributed by atoms with Crippen molar-refractivity contribution in [2.75, 3.05) is 19.6 Å². The Labute approximate surface area is 163 Å². The summed E-state index contributed by atoms with van der Waals surface area (Å²) in [5.41, 5.74) is 1.17. The van der Waals surface area contributed by atoms with Gasteiger partial charge >= 0.3 is 0 Å². The van der Waals surface area contributed by atoms with Crippen LogP contribution in [0.1, 0.15) is 18.4 Å². The fourth-order valence-corrected chi connectivity index (χ4v) is 5.24. The van der Waals surface area contributed by atoms with Crippen LogP contribution < -0.4 is 0 Å². The fourth-order valence-electron chi connectivity index (χ4n) is 3.77. The zero-order chi connectivity index (χ0) is 18.6. The van der Waals surface area contributed by atoms with E-state index in [0.29, 0.717) is 0 Å². The number of hydrogen-bond acceptors (Lipinski definition) is 2. The van der Waals surface area contributed by atoms with Gasteiger partial charge in [0.15, 0.2) is 4.90 Å². The maximum atomic E-state index is 13.0. The van der Waals surface area contributed by atoms with Crippen molar-refractivity contribution in [3.05, 3.63) is 78.1 Å². The standard InChI is InChI=1S/C23H24FNOS/c24-21-8-5-18(6-9-21)11-14-25-15-12-22(13-16-25)27(26)23-10-7-19-3-1-2-4-20(19)17-23/h1-10,17,22H,11-16H2. The Morgan fingerprint density at radius 1 is 0.926 bits per heavy atom. The topological polar surface area (TPSA) is 26.3 Å². The minimum Gasteiger partial charge on any atom is -0.611 e. The van der Waals surface area contributed by atoms with Gasteiger partial charge in [0.05, 0.1) is 0 Å². The van der Waals surface area contributed by atoms with E-state index >= 15 is 0 Å². The normalized spacial score (nSPS) is 17.3. The SMILES string of the molecule is [O-][S+](c1ccc2ccccc2c1)C1CCN(CCc2ccc(F)cc2)CC1. The molecule has 0 aromatic heterocycles. The monoisotopic (exact) mass is 381 g/mol. The number of likely N-dealkylation sites (tertiary alicyclic amines) is 1. The molecule has 140 valence electrons. The van der Waals surface area contributed by atoms with E-state index in [-0.39, 0.29) is 11.1 Å². The van der Waals surface area contributed by atoms with E-state index in [1.54, 1.807) is 0 Å². The van der Waals surface area contributed by atoms with Crippen LogP contribution in [0.15, 0.2) is 71.6 Å². The van der Waals surface area contributed by atoms with Gasteiger partial charge in [0.1, 0.15) is 11.1 Å². The summed E-state index contributed by atoms with van der Waals surface area (Å²) in [6.45, 7) is 2.93. The predicted molar refractivity (Wildman–Crippen MR) is 110 cm³/mol. The summed E-state index contributed by atoms with van der Waals surface area (Å²) in [5.74, 6) is -0.185. The van der Waals surface area contributed by atoms with E-state index in [1.165, 1.54) is 23.1 Å². The molecule has 4 heteroatoms. The van der Waals surface area contributed by atoms with Crippen molar-refractivity contribution in [1.29, 1.82) is 0 Å². The zero-order valence-electron chi connectivity index (χ0n) is 15.3. The van der Waals surface area contributed by atoms with Crippen molar-refractivity contribution in [1.82, 2.24) is 4.90 Å². The Kier molecular flexibility index (Phi) is 5.77. The van der Waals surface area contributed by atoms with E-state index in [0.717, 1.165) is 49.2 Å². The van der Waals surface area contributed by atoms with Crippen LogP contribution in [0.3, 0.4) is 0 Å². The molecule has 1 fully saturated rings. The number of fused-ring (bicyclic) bond motifs is 1. The number of hydrogen-bond donors (Lipinski definition) is 0. The van der Waals surface area contributed by atoms with Crippen LogP contribution in [0.4, 0.5) is 4.39 Å². The summed E-state index contributed by atoms with van der Waals surface area (Å²) >= 11 is -0.952. The minimum atomic E-state index is -0.952. The molecule has 1 atom stereocenters. The van der Waals surface area contributed by atoms with E-state index in [1.807, 2.05) is 30.3 Å². The molecule has 1 heterocycles. The molecule has 0 saturated carbocycles. The Morgan fingerprint density at radius 2 is 1.63 bits per heavy atom. The van der Waals surface area contributed by atoms with Gasteiger partial charge in [-0.25, -0.2) is 4.39 Å². The molecule has 3 aromatic rings. The first kappa shape index (κ1) is 18.5. The molecule has 2 nitrogen and oxygen atoms in total. The highest BCUT2D eigenvalue weighted by molar-refractivity contribution is 7.92. The summed E-state index contributed by atoms with van der Waals surface area (Å²) in [6.07, 6.45) is 2.85. The van der Waals surface area contributed by atoms with Crippen LogP contribution in [0.5, 0.6) is 0 Å². The van der Waals surface area contributed by atoms with Gasteiger partial charge in [0.25, 0.3) is 0 Å². The lowest BCUT2D eigenvalue weighted by atomic mass is 10.1. The Hall–Kier alpha value is -1.88. The van der Waals surface area contributed by atoms with Crippen molar-refractivity contribution in [3.63, 3.8) is 0 Å². The molecule has 0 N–H and O–H groups in total. The molecule has 0 bridgehead atoms. The molecule has 1 saturated heterocycles. The van der Waals surface area contributed by atoms with Crippen molar-refractivity contribution in [2.24, 2.45) is 0 Å². The van der Waals surface area contributed by atoms with Crippen LogP contribution in [0.2, 0.25) is 0 Å². The fraction of sp³-hybridized carbons (Fsp3) is 0.304. The number of halogens is 1. The molecule has 27 heavy (non-hydrogen) atoms. The lowest BCUT2D eigenvalue weighted by molar-refractivity contribution is 0.232. The summed E-state index contributed by atoms with van der Waals surface area (Å²) < 4.78 is 26.0. The van der Waals surface area contributed by atoms with Crippen LogP contribution in [0, 0.1) is 5.82 Å². The smallest absolute Gasteiger partial charge is 0.153 e. The second-order valence-corrected chi connectivity index (χ2v) is 8.96. The van der Waals surface area contributed by atoms with E-state index in [2.05, 4.69) is 29.2 Å². The van der Waals surface area contributed by atoms with Gasteiger partial charge < -0.3 is 9.45 Å². The lowest BCUT2D eigenvalue weighted by Gasteiger charge is -2.32. The van der Waals surface area contributed by atoms with Crippen molar-refractivity contribution < 1.29 is 8.94 Å². The Bertz CT molecular complexity index is 890. The molecule has 1 unspecified atom stereocenters. The molecule has 4 rings (SSSR count). The molecular weight excluding hydrogens is 357 g/mol. The summed E-state index contributed by atoms with van der Waals surface area (Å²) in [5, 5.41) is 2.57. The largest absolute Gasteiger partial charge is 0.611 e. The van der Waals surface area contributed by atoms with Gasteiger partial charge in [-0.15, -0.1) is 0 Å². The Morgan fingerprint density at radius 3 is 2.37 bits per heavy atom. The first-order valence-corrected chi connectivity index (χ1v) is 10.8. The van der Waals surface area contributed by atoms with E-state index < -0.39 is 11.2 Å². The molecular formula is C23H24FNOS. The quantitative estimate of drug-likeness (QED) is 0.594. The van der Waals surface area contributed by atoms with Gasteiger partial charge in [0, 0.05) is 38.5 Å². The highest BCUT2D eigenvalue weighted by Gasteiger charge is 2.29. The van der Waals surface area contributed by atoms with Crippen LogP contribution in [0.25, 0.3) is 10.8 Å². The van der Waals surface area contributed by atoms with Gasteiger partial charge in [-0.3, -0.25) is 0 Å². The molecule has 0 radical (unpaired) electrons. The van der Waals surface area contributed by atoms with E-state index in [4.69, 9.17) is 0 Å². The third-order valence-corrected chi connectivity index (χ3v) is 7.22. The van der Waals surface area contributed by atoms with Crippen LogP contribution in [-0.2, 0) is 17.6 Å². The van der Waals surface area contributed by atoms with Gasteiger partial charge in [0.2, 0.25) is 0 Å². The number of nitrogens with zero attached hydrogens (tertiary/aromatic N) is 1. The molecule has 1 aliphatic rings. The maximum Gasteiger partial charge on any atom is 0.153 e. The van der Waals surface area contributed by atoms with Gasteiger partial charge in [-0.2, -0.15) is 0 Å². The number of rotatable bonds is 5. The number of benzene rings is 3. The van der Waals surface area contributed by atoms with Crippen molar-refractivity contribution in [3.8, 4) is 0 Å². The second kappa shape index (κ2) is 8.42. The second-order valence-electron chi connectivity index (χ2n) is 7.22. The summed E-state index contributed by atoms with van der Waals surface area (Å²) in [6, 6.07) is 21.1. The van der Waals surface area contributed by atoms with Crippen molar-refractivity contribution >= 4 is 21.9 Å². The maximum absolute atomic E-state index is 13.0. The molecule has 1 aliphatic heterocycles. The third-order valence-electron chi connectivity index (χ3n) is 5.42. The first-order valence-electron chi connectivity index (χ1n) is 9.55. The van der Waals surface area contributed by atoms with Gasteiger partial charge in [-0.1, -0.05) is 36.4 Å². The van der Waals surface area contributed by atoms with Crippen LogP contribution in [-0.4, -0.2) is 34.3 Å². The minimum absolute atomic E-state index is 0.185. The first-order chi connectivity index (χ1) is 13.2. The molecule has 0 aliphatic carbocycles. The number of piperidine rings is 1. The molecule has 0 amide bonds. The average molecular weight is 382 g/mol. The van der Waals surface area contributed by atoms with Crippen LogP contribution >= 0.6 is 0 Å². The summed E-state index contributed by atoms with van der Waals surface area (Å²) in [4.78, 5) is 3.37. The summed E-state index contributed by atoms with van der Waals surface area (Å²) in [7, 11) is 0. The Balaban J connectivity index is 1.31. The van der Waals surface area contributed by atoms with Crippen molar-refractivity contribution in [2.45, 2.75) is 29.4 Å². The average Bonchev–Trinajstić information content (AvgIpc) is 2.73. The third kappa shape index (κ3) is 4.52. The van der Waals surface area contributed by atoms with Gasteiger partial charge in [-0.05, 0) is 58.2 Å². The predicted octanol–water partition coefficient (Wildman–Crippen LogP) is 4.79. The highest BCUT2D eigenvalue weighted by atomic mass is 32.2. The zero-order valence-corrected chi connectivity index (χ0v) is 16.1. The lowest BCUT2D eigenvalue weighted by Crippen LogP contribution is -2.40.